The van der Waals surface area contributed by atoms with Crippen molar-refractivity contribution < 1.29 is 23.6 Å². The molecule has 0 aliphatic rings. The Balaban J connectivity index is 2.24. The third-order valence-electron chi connectivity index (χ3n) is 3.74. The van der Waals surface area contributed by atoms with E-state index in [4.69, 9.17) is 10.5 Å². The summed E-state index contributed by atoms with van der Waals surface area (Å²) >= 11 is 1.00. The van der Waals surface area contributed by atoms with Crippen molar-refractivity contribution in [1.29, 1.82) is 5.26 Å². The summed E-state index contributed by atoms with van der Waals surface area (Å²) in [6.45, 7) is 3.88. The normalized spacial score (nSPS) is 11.8. The summed E-state index contributed by atoms with van der Waals surface area (Å²) < 4.78 is 31.9. The van der Waals surface area contributed by atoms with E-state index in [0.29, 0.717) is 11.1 Å². The van der Waals surface area contributed by atoms with Crippen molar-refractivity contribution in [3.63, 3.8) is 0 Å². The van der Waals surface area contributed by atoms with E-state index in [2.05, 4.69) is 0 Å². The fraction of sp³-hybridized carbons (Fsp3) is 0.294. The highest BCUT2D eigenvalue weighted by molar-refractivity contribution is 7.18. The van der Waals surface area contributed by atoms with Gasteiger partial charge in [0, 0.05) is 11.6 Å². The Kier molecular flexibility index (Phi) is 6.07. The molecule has 1 aromatic heterocycles. The van der Waals surface area contributed by atoms with Gasteiger partial charge in [-0.15, -0.1) is 11.3 Å². The quantitative estimate of drug-likeness (QED) is 0.768. The lowest BCUT2D eigenvalue weighted by Gasteiger charge is -2.12. The average Bonchev–Trinajstić information content (AvgIpc) is 2.88. The number of nitrogen functional groups attached to an aromatic ring is 1. The zero-order valence-corrected chi connectivity index (χ0v) is 14.6. The van der Waals surface area contributed by atoms with Crippen LogP contribution in [0, 0.1) is 23.0 Å². The largest absolute Gasteiger partial charge is 0.462 e. The summed E-state index contributed by atoms with van der Waals surface area (Å²) in [4.78, 5) is 12.3. The molecule has 1 atom stereocenters. The molecule has 1 aromatic carbocycles. The van der Waals surface area contributed by atoms with Crippen LogP contribution in [-0.2, 0) is 11.3 Å². The molecule has 0 saturated carbocycles. The molecule has 0 amide bonds. The maximum absolute atomic E-state index is 13.9. The molecule has 5 nitrogen and oxygen atoms in total. The number of quaternary nitrogens is 1. The van der Waals surface area contributed by atoms with Gasteiger partial charge < -0.3 is 15.8 Å². The summed E-state index contributed by atoms with van der Waals surface area (Å²) in [5.41, 5.74) is 6.85. The first kappa shape index (κ1) is 18.8. The molecule has 4 N–H and O–H groups in total. The minimum Gasteiger partial charge on any atom is -0.462 e. The molecule has 1 heterocycles. The Morgan fingerprint density at radius 3 is 2.80 bits per heavy atom. The van der Waals surface area contributed by atoms with Gasteiger partial charge in [-0.25, -0.2) is 13.6 Å². The minimum atomic E-state index is -0.643. The van der Waals surface area contributed by atoms with Crippen molar-refractivity contribution in [2.45, 2.75) is 26.4 Å². The molecule has 0 radical (unpaired) electrons. The molecule has 2 aromatic rings. The maximum Gasteiger partial charge on any atom is 0.348 e. The molecule has 0 fully saturated rings. The maximum atomic E-state index is 13.9. The number of halogens is 2. The Bertz CT molecular complexity index is 830. The highest BCUT2D eigenvalue weighted by Crippen LogP contribution is 2.30. The van der Waals surface area contributed by atoms with E-state index in [-0.39, 0.29) is 34.6 Å². The van der Waals surface area contributed by atoms with Gasteiger partial charge in [-0.1, -0.05) is 0 Å². The Hall–Kier alpha value is -2.50. The Morgan fingerprint density at radius 1 is 1.48 bits per heavy atom. The number of rotatable bonds is 6. The van der Waals surface area contributed by atoms with E-state index >= 15 is 0 Å². The zero-order chi connectivity index (χ0) is 18.6. The van der Waals surface area contributed by atoms with E-state index in [1.807, 2.05) is 6.07 Å². The summed E-state index contributed by atoms with van der Waals surface area (Å²) in [5.74, 6) is -1.82. The first-order chi connectivity index (χ1) is 11.9. The van der Waals surface area contributed by atoms with Crippen molar-refractivity contribution in [1.82, 2.24) is 0 Å². The van der Waals surface area contributed by atoms with Crippen LogP contribution in [0.15, 0.2) is 18.2 Å². The number of nitrogens with two attached hydrogens (primary N) is 2. The van der Waals surface area contributed by atoms with Crippen LogP contribution in [0.1, 0.15) is 46.3 Å². The molecule has 0 aliphatic carbocycles. The lowest BCUT2D eigenvalue weighted by Crippen LogP contribution is -2.83. The minimum absolute atomic E-state index is 0.207. The SMILES string of the molecule is CCOC(=O)c1sc(N)c(C#N)c1C[NH2+][C@H](C)c1ccc(F)cc1F. The molecule has 25 heavy (non-hydrogen) atoms. The van der Waals surface area contributed by atoms with Crippen LogP contribution < -0.4 is 11.1 Å². The Labute approximate surface area is 148 Å². The third-order valence-corrected chi connectivity index (χ3v) is 4.78. The predicted molar refractivity (Wildman–Crippen MR) is 89.8 cm³/mol. The number of esters is 1. The first-order valence-corrected chi connectivity index (χ1v) is 8.47. The van der Waals surface area contributed by atoms with Gasteiger partial charge >= 0.3 is 5.97 Å². The number of anilines is 1. The van der Waals surface area contributed by atoms with Crippen molar-refractivity contribution in [2.75, 3.05) is 12.3 Å². The first-order valence-electron chi connectivity index (χ1n) is 7.65. The highest BCUT2D eigenvalue weighted by Gasteiger charge is 2.25. The number of hydrogen-bond donors (Lipinski definition) is 2. The van der Waals surface area contributed by atoms with Crippen molar-refractivity contribution in [2.24, 2.45) is 0 Å². The van der Waals surface area contributed by atoms with Gasteiger partial charge in [0.05, 0.1) is 17.7 Å². The summed E-state index contributed by atoms with van der Waals surface area (Å²) in [5, 5.41) is 11.3. The van der Waals surface area contributed by atoms with Gasteiger partial charge in [-0.05, 0) is 26.0 Å². The van der Waals surface area contributed by atoms with Crippen LogP contribution in [0.4, 0.5) is 13.8 Å². The number of carbonyl (C=O) groups is 1. The molecule has 0 spiro atoms. The molecule has 0 aliphatic heterocycles. The summed E-state index contributed by atoms with van der Waals surface area (Å²) in [6.07, 6.45) is 0. The second-order valence-electron chi connectivity index (χ2n) is 5.38. The van der Waals surface area contributed by atoms with Gasteiger partial charge in [-0.3, -0.25) is 0 Å². The molecule has 0 unspecified atom stereocenters. The van der Waals surface area contributed by atoms with Gasteiger partial charge in [0.2, 0.25) is 0 Å². The number of nitrogens with zero attached hydrogens (tertiary/aromatic N) is 1. The molecular weight excluding hydrogens is 348 g/mol. The van der Waals surface area contributed by atoms with Crippen LogP contribution in [0.5, 0.6) is 0 Å². The van der Waals surface area contributed by atoms with E-state index in [1.165, 1.54) is 12.1 Å². The predicted octanol–water partition coefficient (Wildman–Crippen LogP) is 2.48. The van der Waals surface area contributed by atoms with Crippen molar-refractivity contribution in [3.05, 3.63) is 51.4 Å². The fourth-order valence-corrected chi connectivity index (χ4v) is 3.40. The van der Waals surface area contributed by atoms with E-state index < -0.39 is 17.6 Å². The van der Waals surface area contributed by atoms with Gasteiger partial charge in [0.1, 0.15) is 40.2 Å². The zero-order valence-electron chi connectivity index (χ0n) is 13.8. The molecule has 132 valence electrons. The lowest BCUT2D eigenvalue weighted by atomic mass is 10.1. The van der Waals surface area contributed by atoms with Crippen LogP contribution in [0.2, 0.25) is 0 Å². The number of ether oxygens (including phenoxy) is 1. The number of nitriles is 1. The van der Waals surface area contributed by atoms with Crippen molar-refractivity contribution >= 4 is 22.3 Å². The second-order valence-corrected chi connectivity index (χ2v) is 6.43. The van der Waals surface area contributed by atoms with Crippen molar-refractivity contribution in [3.8, 4) is 6.07 Å². The molecule has 8 heteroatoms. The van der Waals surface area contributed by atoms with Crippen LogP contribution in [0.3, 0.4) is 0 Å². The summed E-state index contributed by atoms with van der Waals surface area (Å²) in [6, 6.07) is 5.05. The van der Waals surface area contributed by atoms with E-state index in [9.17, 15) is 18.8 Å². The van der Waals surface area contributed by atoms with Crippen LogP contribution >= 0.6 is 11.3 Å². The van der Waals surface area contributed by atoms with Gasteiger partial charge in [-0.2, -0.15) is 5.26 Å². The topological polar surface area (TPSA) is 92.7 Å². The van der Waals surface area contributed by atoms with E-state index in [1.54, 1.807) is 19.2 Å². The monoisotopic (exact) mass is 366 g/mol. The second kappa shape index (κ2) is 8.05. The smallest absolute Gasteiger partial charge is 0.348 e. The number of benzene rings is 1. The lowest BCUT2D eigenvalue weighted by molar-refractivity contribution is -0.708. The number of hydrogen-bond acceptors (Lipinski definition) is 5. The Morgan fingerprint density at radius 2 is 2.20 bits per heavy atom. The van der Waals surface area contributed by atoms with Gasteiger partial charge in [0.25, 0.3) is 0 Å². The van der Waals surface area contributed by atoms with Gasteiger partial charge in [0.15, 0.2) is 0 Å². The standard InChI is InChI=1S/C17H17F2N3O2S/c1-3-24-17(23)15-13(12(7-20)16(21)25-15)8-22-9(2)11-5-4-10(18)6-14(11)19/h4-6,9,22H,3,8,21H2,1-2H3/p+1/t9-/m1/s1. The molecular formula is C17H18F2N3O2S+. The highest BCUT2D eigenvalue weighted by atomic mass is 32.1. The molecule has 0 bridgehead atoms. The fourth-order valence-electron chi connectivity index (χ4n) is 2.46. The molecule has 0 saturated heterocycles. The average molecular weight is 366 g/mol. The van der Waals surface area contributed by atoms with Crippen LogP contribution in [-0.4, -0.2) is 12.6 Å². The summed E-state index contributed by atoms with van der Waals surface area (Å²) in [7, 11) is 0. The van der Waals surface area contributed by atoms with Crippen LogP contribution in [0.25, 0.3) is 0 Å². The number of carbonyl (C=O) groups excluding carboxylic acids is 1. The van der Waals surface area contributed by atoms with E-state index in [0.717, 1.165) is 17.4 Å². The molecule has 2 rings (SSSR count). The number of thiophene rings is 1. The third kappa shape index (κ3) is 4.13.